The molecule has 1 heterocycles. The van der Waals surface area contributed by atoms with E-state index >= 15 is 0 Å². The van der Waals surface area contributed by atoms with Crippen molar-refractivity contribution in [2.45, 2.75) is 33.7 Å². The summed E-state index contributed by atoms with van der Waals surface area (Å²) in [5.74, 6) is 1.36. The Labute approximate surface area is 158 Å². The van der Waals surface area contributed by atoms with Gasteiger partial charge < -0.3 is 20.2 Å². The zero-order valence-electron chi connectivity index (χ0n) is 16.8. The van der Waals surface area contributed by atoms with Crippen molar-refractivity contribution in [3.8, 4) is 5.75 Å². The average molecular weight is 362 g/mol. The summed E-state index contributed by atoms with van der Waals surface area (Å²) in [6.07, 6.45) is 0. The van der Waals surface area contributed by atoms with Crippen LogP contribution in [0.15, 0.2) is 29.3 Å². The highest BCUT2D eigenvalue weighted by molar-refractivity contribution is 5.80. The van der Waals surface area contributed by atoms with Crippen molar-refractivity contribution in [1.82, 2.24) is 15.1 Å². The van der Waals surface area contributed by atoms with E-state index in [1.807, 2.05) is 18.2 Å². The molecule has 146 valence electrons. The SMILES string of the molecule is CCNC(=NCC(C)N(CC)CC)N1CCN(c2ccccc2O)CC1. The molecule has 0 amide bonds. The largest absolute Gasteiger partial charge is 0.506 e. The maximum atomic E-state index is 10.1. The molecule has 2 rings (SSSR count). The van der Waals surface area contributed by atoms with Gasteiger partial charge in [-0.05, 0) is 39.1 Å². The van der Waals surface area contributed by atoms with Gasteiger partial charge in [-0.3, -0.25) is 9.89 Å². The van der Waals surface area contributed by atoms with Crippen LogP contribution in [-0.2, 0) is 0 Å². The maximum Gasteiger partial charge on any atom is 0.194 e. The third-order valence-electron chi connectivity index (χ3n) is 5.08. The van der Waals surface area contributed by atoms with Gasteiger partial charge in [-0.2, -0.15) is 0 Å². The van der Waals surface area contributed by atoms with Crippen LogP contribution in [0.4, 0.5) is 5.69 Å². The number of hydrogen-bond acceptors (Lipinski definition) is 4. The van der Waals surface area contributed by atoms with Gasteiger partial charge in [0.15, 0.2) is 5.96 Å². The molecule has 0 aromatic heterocycles. The van der Waals surface area contributed by atoms with Crippen LogP contribution in [0, 0.1) is 0 Å². The fourth-order valence-electron chi connectivity index (χ4n) is 3.50. The van der Waals surface area contributed by atoms with E-state index in [2.05, 4.69) is 47.7 Å². The molecule has 1 aliphatic heterocycles. The summed E-state index contributed by atoms with van der Waals surface area (Å²) in [5, 5.41) is 13.5. The number of piperazine rings is 1. The molecule has 1 saturated heterocycles. The highest BCUT2D eigenvalue weighted by Gasteiger charge is 2.21. The number of para-hydroxylation sites is 2. The number of nitrogens with zero attached hydrogens (tertiary/aromatic N) is 4. The summed E-state index contributed by atoms with van der Waals surface area (Å²) in [6, 6.07) is 8.02. The van der Waals surface area contributed by atoms with Crippen molar-refractivity contribution in [1.29, 1.82) is 0 Å². The third-order valence-corrected chi connectivity index (χ3v) is 5.08. The van der Waals surface area contributed by atoms with Gasteiger partial charge in [0.05, 0.1) is 12.2 Å². The zero-order chi connectivity index (χ0) is 18.9. The molecule has 6 heteroatoms. The van der Waals surface area contributed by atoms with Crippen molar-refractivity contribution in [3.63, 3.8) is 0 Å². The second-order valence-corrected chi connectivity index (χ2v) is 6.73. The zero-order valence-corrected chi connectivity index (χ0v) is 16.8. The fourth-order valence-corrected chi connectivity index (χ4v) is 3.50. The lowest BCUT2D eigenvalue weighted by Crippen LogP contribution is -2.53. The van der Waals surface area contributed by atoms with Gasteiger partial charge in [0.25, 0.3) is 0 Å². The van der Waals surface area contributed by atoms with Gasteiger partial charge in [-0.1, -0.05) is 26.0 Å². The van der Waals surface area contributed by atoms with Gasteiger partial charge in [-0.15, -0.1) is 0 Å². The molecule has 1 atom stereocenters. The minimum Gasteiger partial charge on any atom is -0.506 e. The molecule has 0 aliphatic carbocycles. The molecule has 1 aromatic carbocycles. The first-order chi connectivity index (χ1) is 12.6. The Morgan fingerprint density at radius 1 is 1.15 bits per heavy atom. The normalized spacial score (nSPS) is 16.9. The molecular formula is C20H35N5O. The van der Waals surface area contributed by atoms with Gasteiger partial charge in [0.1, 0.15) is 5.75 Å². The summed E-state index contributed by atoms with van der Waals surface area (Å²) in [4.78, 5) is 11.9. The van der Waals surface area contributed by atoms with E-state index in [4.69, 9.17) is 4.99 Å². The molecule has 0 bridgehead atoms. The molecule has 2 N–H and O–H groups in total. The van der Waals surface area contributed by atoms with E-state index in [0.29, 0.717) is 11.8 Å². The number of phenolic OH excluding ortho intramolecular Hbond substituents is 1. The maximum absolute atomic E-state index is 10.1. The van der Waals surface area contributed by atoms with E-state index in [0.717, 1.165) is 64.0 Å². The van der Waals surface area contributed by atoms with E-state index < -0.39 is 0 Å². The number of benzene rings is 1. The Kier molecular flexibility index (Phi) is 8.04. The Balaban J connectivity index is 1.97. The molecule has 0 saturated carbocycles. The van der Waals surface area contributed by atoms with Gasteiger partial charge in [-0.25, -0.2) is 0 Å². The van der Waals surface area contributed by atoms with Crippen molar-refractivity contribution in [2.75, 3.05) is 57.3 Å². The number of phenols is 1. The topological polar surface area (TPSA) is 54.3 Å². The Morgan fingerprint density at radius 2 is 1.81 bits per heavy atom. The lowest BCUT2D eigenvalue weighted by atomic mass is 10.2. The lowest BCUT2D eigenvalue weighted by Gasteiger charge is -2.38. The molecule has 26 heavy (non-hydrogen) atoms. The van der Waals surface area contributed by atoms with Crippen LogP contribution in [0.3, 0.4) is 0 Å². The first-order valence-corrected chi connectivity index (χ1v) is 9.90. The molecule has 0 spiro atoms. The number of nitrogens with one attached hydrogen (secondary N) is 1. The smallest absolute Gasteiger partial charge is 0.194 e. The standard InChI is InChI=1S/C20H35N5O/c1-5-21-20(22-16-17(4)23(6-2)7-3)25-14-12-24(13-15-25)18-10-8-9-11-19(18)26/h8-11,17,26H,5-7,12-16H2,1-4H3,(H,21,22). The van der Waals surface area contributed by atoms with Crippen LogP contribution in [-0.4, -0.2) is 79.3 Å². The molecule has 1 fully saturated rings. The van der Waals surface area contributed by atoms with Gasteiger partial charge in [0, 0.05) is 38.8 Å². The number of aromatic hydroxyl groups is 1. The van der Waals surface area contributed by atoms with Gasteiger partial charge >= 0.3 is 0 Å². The third kappa shape index (κ3) is 5.27. The summed E-state index contributed by atoms with van der Waals surface area (Å²) in [5.41, 5.74) is 0.921. The Bertz CT molecular complexity index is 565. The van der Waals surface area contributed by atoms with Gasteiger partial charge in [0.2, 0.25) is 0 Å². The number of rotatable bonds is 7. The van der Waals surface area contributed by atoms with Crippen molar-refractivity contribution >= 4 is 11.6 Å². The van der Waals surface area contributed by atoms with Crippen molar-refractivity contribution in [3.05, 3.63) is 24.3 Å². The van der Waals surface area contributed by atoms with E-state index in [-0.39, 0.29) is 0 Å². The van der Waals surface area contributed by atoms with Crippen LogP contribution < -0.4 is 10.2 Å². The summed E-state index contributed by atoms with van der Waals surface area (Å²) in [6.45, 7) is 16.1. The summed E-state index contributed by atoms with van der Waals surface area (Å²) in [7, 11) is 0. The molecule has 0 radical (unpaired) electrons. The lowest BCUT2D eigenvalue weighted by molar-refractivity contribution is 0.236. The van der Waals surface area contributed by atoms with Crippen LogP contribution in [0.5, 0.6) is 5.75 Å². The fraction of sp³-hybridized carbons (Fsp3) is 0.650. The van der Waals surface area contributed by atoms with Crippen LogP contribution in [0.2, 0.25) is 0 Å². The first kappa shape index (κ1) is 20.4. The average Bonchev–Trinajstić information content (AvgIpc) is 2.67. The van der Waals surface area contributed by atoms with E-state index in [1.165, 1.54) is 0 Å². The quantitative estimate of drug-likeness (QED) is 0.576. The van der Waals surface area contributed by atoms with Crippen molar-refractivity contribution < 1.29 is 5.11 Å². The van der Waals surface area contributed by atoms with Crippen LogP contribution in [0.1, 0.15) is 27.7 Å². The monoisotopic (exact) mass is 361 g/mol. The number of guanidine groups is 1. The molecule has 6 nitrogen and oxygen atoms in total. The number of likely N-dealkylation sites (N-methyl/N-ethyl adjacent to an activating group) is 1. The predicted molar refractivity (Wildman–Crippen MR) is 110 cm³/mol. The molecule has 1 unspecified atom stereocenters. The summed E-state index contributed by atoms with van der Waals surface area (Å²) < 4.78 is 0. The van der Waals surface area contributed by atoms with Crippen molar-refractivity contribution in [2.24, 2.45) is 4.99 Å². The molecule has 1 aromatic rings. The number of aliphatic imine (C=N–C) groups is 1. The number of hydrogen-bond donors (Lipinski definition) is 2. The highest BCUT2D eigenvalue weighted by atomic mass is 16.3. The second-order valence-electron chi connectivity index (χ2n) is 6.73. The second kappa shape index (κ2) is 10.3. The van der Waals surface area contributed by atoms with Crippen LogP contribution in [0.25, 0.3) is 0 Å². The first-order valence-electron chi connectivity index (χ1n) is 9.90. The van der Waals surface area contributed by atoms with E-state index in [9.17, 15) is 5.11 Å². The Hall–Kier alpha value is -1.95. The highest BCUT2D eigenvalue weighted by Crippen LogP contribution is 2.27. The number of anilines is 1. The molecule has 1 aliphatic rings. The van der Waals surface area contributed by atoms with E-state index in [1.54, 1.807) is 6.07 Å². The minimum absolute atomic E-state index is 0.356. The van der Waals surface area contributed by atoms with Crippen LogP contribution >= 0.6 is 0 Å². The Morgan fingerprint density at radius 3 is 2.38 bits per heavy atom. The minimum atomic E-state index is 0.356. The summed E-state index contributed by atoms with van der Waals surface area (Å²) >= 11 is 0. The predicted octanol–water partition coefficient (Wildman–Crippen LogP) is 2.21. The molecular weight excluding hydrogens is 326 g/mol.